The summed E-state index contributed by atoms with van der Waals surface area (Å²) >= 11 is 0. The second kappa shape index (κ2) is 4.57. The van der Waals surface area contributed by atoms with Crippen molar-refractivity contribution in [3.05, 3.63) is 47.1 Å². The van der Waals surface area contributed by atoms with E-state index in [1.807, 2.05) is 6.08 Å². The molecule has 0 aromatic carbocycles. The van der Waals surface area contributed by atoms with E-state index in [2.05, 4.69) is 39.0 Å². The SMILES string of the molecule is CC=C1CC[C@H]2[C@@H]3CCC4=CC(=O)C=C[C@]4(C)C3=CC[C@]12C. The summed E-state index contributed by atoms with van der Waals surface area (Å²) in [5, 5.41) is 0. The first-order valence-electron chi connectivity index (χ1n) is 8.79. The van der Waals surface area contributed by atoms with E-state index in [0.717, 1.165) is 12.3 Å². The van der Waals surface area contributed by atoms with Gasteiger partial charge in [0.1, 0.15) is 0 Å². The van der Waals surface area contributed by atoms with Gasteiger partial charge in [-0.05, 0) is 75.4 Å². The lowest BCUT2D eigenvalue weighted by Crippen LogP contribution is -2.42. The van der Waals surface area contributed by atoms with Crippen molar-refractivity contribution in [2.45, 2.75) is 52.9 Å². The Bertz CT molecular complexity index is 659. The van der Waals surface area contributed by atoms with E-state index in [9.17, 15) is 4.79 Å². The fourth-order valence-corrected chi connectivity index (χ4v) is 5.85. The molecule has 0 aliphatic heterocycles. The second-order valence-electron chi connectivity index (χ2n) is 7.99. The number of fused-ring (bicyclic) bond motifs is 5. The lowest BCUT2D eigenvalue weighted by molar-refractivity contribution is -0.110. The Hall–Kier alpha value is -1.37. The van der Waals surface area contributed by atoms with Crippen LogP contribution < -0.4 is 0 Å². The summed E-state index contributed by atoms with van der Waals surface area (Å²) in [7, 11) is 0. The van der Waals surface area contributed by atoms with Crippen molar-refractivity contribution in [2.24, 2.45) is 22.7 Å². The summed E-state index contributed by atoms with van der Waals surface area (Å²) in [6.45, 7) is 7.02. The van der Waals surface area contributed by atoms with Gasteiger partial charge in [0.25, 0.3) is 0 Å². The van der Waals surface area contributed by atoms with Gasteiger partial charge in [-0.2, -0.15) is 0 Å². The smallest absolute Gasteiger partial charge is 0.178 e. The quantitative estimate of drug-likeness (QED) is 0.564. The van der Waals surface area contributed by atoms with Crippen molar-refractivity contribution in [1.82, 2.24) is 0 Å². The van der Waals surface area contributed by atoms with Crippen LogP contribution in [0.5, 0.6) is 0 Å². The molecular formula is C21H26O. The first-order chi connectivity index (χ1) is 10.5. The molecule has 2 fully saturated rings. The Labute approximate surface area is 133 Å². The zero-order valence-corrected chi connectivity index (χ0v) is 14.0. The first-order valence-corrected chi connectivity index (χ1v) is 8.79. The number of hydrogen-bond donors (Lipinski definition) is 0. The summed E-state index contributed by atoms with van der Waals surface area (Å²) < 4.78 is 0. The van der Waals surface area contributed by atoms with Gasteiger partial charge in [-0.3, -0.25) is 4.79 Å². The third kappa shape index (κ3) is 1.68. The molecular weight excluding hydrogens is 268 g/mol. The Morgan fingerprint density at radius 2 is 2.05 bits per heavy atom. The van der Waals surface area contributed by atoms with Crippen molar-refractivity contribution in [3.63, 3.8) is 0 Å². The van der Waals surface area contributed by atoms with Crippen LogP contribution >= 0.6 is 0 Å². The highest BCUT2D eigenvalue weighted by atomic mass is 16.1. The number of carbonyl (C=O) groups is 1. The Kier molecular flexibility index (Phi) is 2.95. The molecule has 1 nitrogen and oxygen atoms in total. The molecule has 0 spiro atoms. The van der Waals surface area contributed by atoms with Crippen LogP contribution in [0.4, 0.5) is 0 Å². The van der Waals surface area contributed by atoms with Crippen LogP contribution in [0.2, 0.25) is 0 Å². The highest BCUT2D eigenvalue weighted by Crippen LogP contribution is 2.63. The predicted octanol–water partition coefficient (Wildman–Crippen LogP) is 5.16. The minimum atomic E-state index is 0.0108. The highest BCUT2D eigenvalue weighted by molar-refractivity contribution is 6.01. The molecule has 0 heterocycles. The number of carbonyl (C=O) groups excluding carboxylic acids is 1. The Morgan fingerprint density at radius 1 is 1.23 bits per heavy atom. The van der Waals surface area contributed by atoms with Gasteiger partial charge in [0.15, 0.2) is 5.78 Å². The lowest BCUT2D eigenvalue weighted by Gasteiger charge is -2.51. The second-order valence-corrected chi connectivity index (χ2v) is 7.99. The summed E-state index contributed by atoms with van der Waals surface area (Å²) in [5.41, 5.74) is 5.02. The van der Waals surface area contributed by atoms with Crippen molar-refractivity contribution in [3.8, 4) is 0 Å². The zero-order chi connectivity index (χ0) is 15.5. The molecule has 4 aliphatic carbocycles. The van der Waals surface area contributed by atoms with Crippen LogP contribution in [0.25, 0.3) is 0 Å². The monoisotopic (exact) mass is 294 g/mol. The maximum absolute atomic E-state index is 11.7. The van der Waals surface area contributed by atoms with E-state index in [-0.39, 0.29) is 11.2 Å². The molecule has 0 unspecified atom stereocenters. The van der Waals surface area contributed by atoms with Crippen molar-refractivity contribution in [1.29, 1.82) is 0 Å². The summed E-state index contributed by atoms with van der Waals surface area (Å²) in [5.74, 6) is 1.67. The van der Waals surface area contributed by atoms with E-state index in [4.69, 9.17) is 0 Å². The molecule has 2 saturated carbocycles. The third-order valence-corrected chi connectivity index (χ3v) is 7.15. The van der Waals surface area contributed by atoms with Gasteiger partial charge < -0.3 is 0 Å². The fraction of sp³-hybridized carbons (Fsp3) is 0.571. The van der Waals surface area contributed by atoms with Gasteiger partial charge in [-0.15, -0.1) is 0 Å². The topological polar surface area (TPSA) is 17.1 Å². The van der Waals surface area contributed by atoms with E-state index in [1.54, 1.807) is 17.2 Å². The zero-order valence-electron chi connectivity index (χ0n) is 14.0. The number of ketones is 1. The molecule has 0 amide bonds. The molecule has 0 saturated heterocycles. The highest BCUT2D eigenvalue weighted by Gasteiger charge is 2.53. The number of rotatable bonds is 0. The van der Waals surface area contributed by atoms with Crippen LogP contribution in [-0.4, -0.2) is 5.78 Å². The van der Waals surface area contributed by atoms with Crippen molar-refractivity contribution >= 4 is 5.78 Å². The van der Waals surface area contributed by atoms with Gasteiger partial charge in [-0.1, -0.05) is 41.9 Å². The predicted molar refractivity (Wildman–Crippen MR) is 90.3 cm³/mol. The molecule has 22 heavy (non-hydrogen) atoms. The van der Waals surface area contributed by atoms with Crippen LogP contribution in [0.3, 0.4) is 0 Å². The largest absolute Gasteiger partial charge is 0.290 e. The normalized spacial score (nSPS) is 45.0. The van der Waals surface area contributed by atoms with E-state index >= 15 is 0 Å². The molecule has 0 aromatic rings. The molecule has 1 heteroatoms. The maximum atomic E-state index is 11.7. The Balaban J connectivity index is 1.79. The molecule has 0 aromatic heterocycles. The van der Waals surface area contributed by atoms with Crippen molar-refractivity contribution < 1.29 is 4.79 Å². The molecule has 0 bridgehead atoms. The average molecular weight is 294 g/mol. The molecule has 0 radical (unpaired) electrons. The molecule has 4 aliphatic rings. The first kappa shape index (κ1) is 14.2. The van der Waals surface area contributed by atoms with E-state index < -0.39 is 0 Å². The van der Waals surface area contributed by atoms with Gasteiger partial charge in [0.2, 0.25) is 0 Å². The fourth-order valence-electron chi connectivity index (χ4n) is 5.85. The summed E-state index contributed by atoms with van der Waals surface area (Å²) in [6.07, 6.45) is 16.9. The third-order valence-electron chi connectivity index (χ3n) is 7.15. The van der Waals surface area contributed by atoms with Crippen molar-refractivity contribution in [2.75, 3.05) is 0 Å². The summed E-state index contributed by atoms with van der Waals surface area (Å²) in [6, 6.07) is 0. The summed E-state index contributed by atoms with van der Waals surface area (Å²) in [4.78, 5) is 11.7. The Morgan fingerprint density at radius 3 is 2.82 bits per heavy atom. The number of hydrogen-bond acceptors (Lipinski definition) is 1. The minimum absolute atomic E-state index is 0.0108. The van der Waals surface area contributed by atoms with E-state index in [0.29, 0.717) is 11.3 Å². The average Bonchev–Trinajstić information content (AvgIpc) is 2.84. The molecule has 116 valence electrons. The van der Waals surface area contributed by atoms with Crippen LogP contribution in [0, 0.1) is 22.7 Å². The lowest BCUT2D eigenvalue weighted by atomic mass is 9.53. The molecule has 0 N–H and O–H groups in total. The van der Waals surface area contributed by atoms with Crippen LogP contribution in [-0.2, 0) is 4.79 Å². The van der Waals surface area contributed by atoms with Gasteiger partial charge >= 0.3 is 0 Å². The number of allylic oxidation sites excluding steroid dienone is 8. The van der Waals surface area contributed by atoms with Gasteiger partial charge in [0.05, 0.1) is 0 Å². The maximum Gasteiger partial charge on any atom is 0.178 e. The van der Waals surface area contributed by atoms with Gasteiger partial charge in [0, 0.05) is 5.41 Å². The van der Waals surface area contributed by atoms with Crippen LogP contribution in [0.1, 0.15) is 52.9 Å². The molecule has 4 atom stereocenters. The van der Waals surface area contributed by atoms with Gasteiger partial charge in [-0.25, -0.2) is 0 Å². The minimum Gasteiger partial charge on any atom is -0.290 e. The standard InChI is InChI=1S/C21H26O/c1-4-14-6-8-18-17-7-5-15-13-16(22)9-11-21(15,3)19(17)10-12-20(14,18)2/h4,9-11,13,17-18H,5-8,12H2,1-3H3/t17-,18-,20+,21-/m0/s1. The van der Waals surface area contributed by atoms with E-state index in [1.165, 1.54) is 31.3 Å². The molecule has 4 rings (SSSR count). The van der Waals surface area contributed by atoms with Crippen LogP contribution in [0.15, 0.2) is 47.1 Å².